The molecule has 0 aliphatic carbocycles. The molecule has 1 aromatic heterocycles. The van der Waals surface area contributed by atoms with Crippen LogP contribution < -0.4 is 11.1 Å². The van der Waals surface area contributed by atoms with Crippen LogP contribution in [0.1, 0.15) is 22.7 Å². The maximum absolute atomic E-state index is 11.4. The Morgan fingerprint density at radius 3 is 3.00 bits per heavy atom. The number of carbonyl (C=O) groups is 1. The van der Waals surface area contributed by atoms with Gasteiger partial charge in [-0.25, -0.2) is 9.97 Å². The molecule has 0 fully saturated rings. The molecule has 0 saturated heterocycles. The molecule has 0 spiro atoms. The Kier molecular flexibility index (Phi) is 2.97. The highest BCUT2D eigenvalue weighted by molar-refractivity contribution is 5.99. The fourth-order valence-electron chi connectivity index (χ4n) is 2.40. The summed E-state index contributed by atoms with van der Waals surface area (Å²) in [6.45, 7) is 0.469. The second-order valence-electron chi connectivity index (χ2n) is 4.56. The smallest absolute Gasteiger partial charge is 0.228 e. The Morgan fingerprint density at radius 2 is 2.26 bits per heavy atom. The molecule has 1 aliphatic heterocycles. The quantitative estimate of drug-likeness (QED) is 0.858. The van der Waals surface area contributed by atoms with E-state index in [-0.39, 0.29) is 11.8 Å². The summed E-state index contributed by atoms with van der Waals surface area (Å²) in [6.07, 6.45) is 3.67. The molecular formula is C14H14N4O. The molecule has 1 aromatic carbocycles. The summed E-state index contributed by atoms with van der Waals surface area (Å²) in [5.74, 6) is 0.0717. The highest BCUT2D eigenvalue weighted by Gasteiger charge is 2.20. The molecule has 5 heteroatoms. The van der Waals surface area contributed by atoms with Crippen molar-refractivity contribution in [1.82, 2.24) is 9.97 Å². The minimum atomic E-state index is 0.0315. The molecule has 96 valence electrons. The van der Waals surface area contributed by atoms with Gasteiger partial charge in [0.15, 0.2) is 0 Å². The SMILES string of the molecule is NCC(c1ccc2c(c1)CC(=O)N2)c1ccncn1. The minimum Gasteiger partial charge on any atom is -0.329 e. The highest BCUT2D eigenvalue weighted by Crippen LogP contribution is 2.29. The second kappa shape index (κ2) is 4.78. The van der Waals surface area contributed by atoms with Crippen molar-refractivity contribution in [3.63, 3.8) is 0 Å². The van der Waals surface area contributed by atoms with Crippen LogP contribution in [0.5, 0.6) is 0 Å². The van der Waals surface area contributed by atoms with E-state index in [0.29, 0.717) is 13.0 Å². The molecule has 2 heterocycles. The van der Waals surface area contributed by atoms with Crippen LogP contribution in [0, 0.1) is 0 Å². The summed E-state index contributed by atoms with van der Waals surface area (Å²) in [5.41, 5.74) is 9.76. The normalized spacial score (nSPS) is 14.9. The highest BCUT2D eigenvalue weighted by atomic mass is 16.1. The average molecular weight is 254 g/mol. The molecule has 1 unspecified atom stereocenters. The number of rotatable bonds is 3. The fourth-order valence-corrected chi connectivity index (χ4v) is 2.40. The summed E-state index contributed by atoms with van der Waals surface area (Å²) in [7, 11) is 0. The maximum atomic E-state index is 11.4. The van der Waals surface area contributed by atoms with Crippen molar-refractivity contribution in [3.05, 3.63) is 53.6 Å². The van der Waals surface area contributed by atoms with Crippen molar-refractivity contribution in [2.45, 2.75) is 12.3 Å². The molecule has 1 amide bonds. The number of carbonyl (C=O) groups excluding carboxylic acids is 1. The van der Waals surface area contributed by atoms with Gasteiger partial charge in [0.2, 0.25) is 5.91 Å². The van der Waals surface area contributed by atoms with E-state index in [1.165, 1.54) is 6.33 Å². The van der Waals surface area contributed by atoms with Crippen molar-refractivity contribution in [2.24, 2.45) is 5.73 Å². The van der Waals surface area contributed by atoms with Gasteiger partial charge in [0, 0.05) is 24.3 Å². The van der Waals surface area contributed by atoms with Gasteiger partial charge in [0.25, 0.3) is 0 Å². The van der Waals surface area contributed by atoms with E-state index in [9.17, 15) is 4.79 Å². The largest absolute Gasteiger partial charge is 0.329 e. The van der Waals surface area contributed by atoms with Crippen LogP contribution in [0.15, 0.2) is 36.8 Å². The first-order valence-corrected chi connectivity index (χ1v) is 6.16. The van der Waals surface area contributed by atoms with Crippen LogP contribution in [0.3, 0.4) is 0 Å². The molecule has 3 rings (SSSR count). The molecule has 2 aromatic rings. The lowest BCUT2D eigenvalue weighted by atomic mass is 9.93. The third-order valence-corrected chi connectivity index (χ3v) is 3.35. The van der Waals surface area contributed by atoms with Crippen LogP contribution in [0.4, 0.5) is 5.69 Å². The van der Waals surface area contributed by atoms with Gasteiger partial charge in [-0.05, 0) is 23.3 Å². The molecule has 19 heavy (non-hydrogen) atoms. The lowest BCUT2D eigenvalue weighted by Gasteiger charge is -2.15. The Labute approximate surface area is 110 Å². The number of fused-ring (bicyclic) bond motifs is 1. The summed E-state index contributed by atoms with van der Waals surface area (Å²) in [5, 5.41) is 2.83. The second-order valence-corrected chi connectivity index (χ2v) is 4.56. The van der Waals surface area contributed by atoms with Gasteiger partial charge in [-0.15, -0.1) is 0 Å². The monoisotopic (exact) mass is 254 g/mol. The van der Waals surface area contributed by atoms with Crippen molar-refractivity contribution < 1.29 is 4.79 Å². The zero-order valence-electron chi connectivity index (χ0n) is 10.3. The van der Waals surface area contributed by atoms with Gasteiger partial charge in [-0.3, -0.25) is 4.79 Å². The van der Waals surface area contributed by atoms with Gasteiger partial charge in [0.05, 0.1) is 12.1 Å². The lowest BCUT2D eigenvalue weighted by molar-refractivity contribution is -0.115. The van der Waals surface area contributed by atoms with Crippen LogP contribution in [0.2, 0.25) is 0 Å². The van der Waals surface area contributed by atoms with Crippen LogP contribution in [-0.2, 0) is 11.2 Å². The first kappa shape index (κ1) is 11.8. The average Bonchev–Trinajstić information content (AvgIpc) is 2.80. The third kappa shape index (κ3) is 2.20. The minimum absolute atomic E-state index is 0.0315. The zero-order valence-corrected chi connectivity index (χ0v) is 10.3. The van der Waals surface area contributed by atoms with E-state index in [0.717, 1.165) is 22.5 Å². The number of nitrogens with zero attached hydrogens (tertiary/aromatic N) is 2. The van der Waals surface area contributed by atoms with Crippen LogP contribution in [0.25, 0.3) is 0 Å². The molecule has 0 bridgehead atoms. The van der Waals surface area contributed by atoms with E-state index in [2.05, 4.69) is 15.3 Å². The fraction of sp³-hybridized carbons (Fsp3) is 0.214. The molecule has 1 aliphatic rings. The van der Waals surface area contributed by atoms with E-state index >= 15 is 0 Å². The topological polar surface area (TPSA) is 80.9 Å². The number of nitrogens with two attached hydrogens (primary N) is 1. The van der Waals surface area contributed by atoms with E-state index in [4.69, 9.17) is 5.73 Å². The Hall–Kier alpha value is -2.27. The number of hydrogen-bond donors (Lipinski definition) is 2. The van der Waals surface area contributed by atoms with Crippen molar-refractivity contribution in [3.8, 4) is 0 Å². The summed E-state index contributed by atoms with van der Waals surface area (Å²) >= 11 is 0. The van der Waals surface area contributed by atoms with E-state index in [1.54, 1.807) is 6.20 Å². The predicted octanol–water partition coefficient (Wildman–Crippen LogP) is 1.06. The standard InChI is InChI=1S/C14H14N4O/c15-7-11(13-3-4-16-8-17-13)9-1-2-12-10(5-9)6-14(19)18-12/h1-5,8,11H,6-7,15H2,(H,18,19). The van der Waals surface area contributed by atoms with E-state index < -0.39 is 0 Å². The van der Waals surface area contributed by atoms with Crippen molar-refractivity contribution in [2.75, 3.05) is 11.9 Å². The number of amides is 1. The maximum Gasteiger partial charge on any atom is 0.228 e. The molecule has 3 N–H and O–H groups in total. The first-order valence-electron chi connectivity index (χ1n) is 6.16. The molecule has 0 radical (unpaired) electrons. The molecule has 5 nitrogen and oxygen atoms in total. The summed E-state index contributed by atoms with van der Waals surface area (Å²) in [4.78, 5) is 19.5. The van der Waals surface area contributed by atoms with Crippen molar-refractivity contribution in [1.29, 1.82) is 0 Å². The number of nitrogens with one attached hydrogen (secondary N) is 1. The van der Waals surface area contributed by atoms with Crippen molar-refractivity contribution >= 4 is 11.6 Å². The van der Waals surface area contributed by atoms with Gasteiger partial charge in [-0.1, -0.05) is 12.1 Å². The van der Waals surface area contributed by atoms with Gasteiger partial charge in [0.1, 0.15) is 6.33 Å². The van der Waals surface area contributed by atoms with Gasteiger partial charge in [-0.2, -0.15) is 0 Å². The summed E-state index contributed by atoms with van der Waals surface area (Å²) in [6, 6.07) is 7.82. The number of aromatic nitrogens is 2. The first-order chi connectivity index (χ1) is 9.28. The van der Waals surface area contributed by atoms with Gasteiger partial charge < -0.3 is 11.1 Å². The molecule has 1 atom stereocenters. The molecular weight excluding hydrogens is 240 g/mol. The van der Waals surface area contributed by atoms with Gasteiger partial charge >= 0.3 is 0 Å². The van der Waals surface area contributed by atoms with Crippen LogP contribution >= 0.6 is 0 Å². The third-order valence-electron chi connectivity index (χ3n) is 3.35. The summed E-state index contributed by atoms with van der Waals surface area (Å²) < 4.78 is 0. The zero-order chi connectivity index (χ0) is 13.2. The van der Waals surface area contributed by atoms with Crippen LogP contribution in [-0.4, -0.2) is 22.4 Å². The predicted molar refractivity (Wildman–Crippen MR) is 71.7 cm³/mol. The van der Waals surface area contributed by atoms with E-state index in [1.807, 2.05) is 24.3 Å². The molecule has 0 saturated carbocycles. The number of anilines is 1. The number of hydrogen-bond acceptors (Lipinski definition) is 4. The Balaban J connectivity index is 1.97. The number of benzene rings is 1. The Morgan fingerprint density at radius 1 is 1.37 bits per heavy atom. The lowest BCUT2D eigenvalue weighted by Crippen LogP contribution is -2.15. The Bertz CT molecular complexity index is 612.